The third kappa shape index (κ3) is 2.88. The second-order valence-corrected chi connectivity index (χ2v) is 8.12. The number of nitrogens with zero attached hydrogens (tertiary/aromatic N) is 3. The first-order valence-electron chi connectivity index (χ1n) is 10.1. The number of rotatable bonds is 4. The van der Waals surface area contributed by atoms with Crippen molar-refractivity contribution >= 4 is 11.8 Å². The minimum atomic E-state index is -0.976. The normalized spacial score (nSPS) is 23.3. The van der Waals surface area contributed by atoms with Crippen molar-refractivity contribution in [1.82, 2.24) is 14.9 Å². The van der Waals surface area contributed by atoms with Crippen molar-refractivity contribution in [2.75, 3.05) is 18.1 Å². The highest BCUT2D eigenvalue weighted by Gasteiger charge is 2.58. The smallest absolute Gasteiger partial charge is 0.278 e. The monoisotopic (exact) mass is 430 g/mol. The molecule has 8 nitrogen and oxygen atoms in total. The van der Waals surface area contributed by atoms with Gasteiger partial charge < -0.3 is 15.3 Å². The van der Waals surface area contributed by atoms with Crippen molar-refractivity contribution in [1.29, 1.82) is 0 Å². The molecule has 0 spiro atoms. The first-order valence-corrected chi connectivity index (χ1v) is 10.1. The molecule has 2 fully saturated rings. The van der Waals surface area contributed by atoms with E-state index in [1.54, 1.807) is 4.90 Å². The maximum atomic E-state index is 13.8. The molecule has 2 N–H and O–H groups in total. The summed E-state index contributed by atoms with van der Waals surface area (Å²) in [7, 11) is 0. The summed E-state index contributed by atoms with van der Waals surface area (Å²) in [4.78, 5) is 40.0. The van der Waals surface area contributed by atoms with Gasteiger partial charge in [0.25, 0.3) is 11.8 Å². The van der Waals surface area contributed by atoms with Gasteiger partial charge >= 0.3 is 0 Å². The van der Waals surface area contributed by atoms with E-state index < -0.39 is 34.6 Å². The van der Waals surface area contributed by atoms with E-state index in [4.69, 9.17) is 0 Å². The van der Waals surface area contributed by atoms with E-state index in [1.165, 1.54) is 16.9 Å². The molecule has 1 aromatic heterocycles. The van der Waals surface area contributed by atoms with Crippen molar-refractivity contribution in [3.05, 3.63) is 63.1 Å². The zero-order valence-corrected chi connectivity index (χ0v) is 16.6. The molecule has 0 radical (unpaired) electrons. The lowest BCUT2D eigenvalue weighted by atomic mass is 10.1. The van der Waals surface area contributed by atoms with Crippen molar-refractivity contribution in [2.24, 2.45) is 11.8 Å². The Morgan fingerprint density at radius 3 is 2.77 bits per heavy atom. The number of fused-ring (bicyclic) bond motifs is 5. The Morgan fingerprint density at radius 2 is 2.06 bits per heavy atom. The molecular weight excluding hydrogens is 410 g/mol. The lowest BCUT2D eigenvalue weighted by molar-refractivity contribution is 0.0577. The number of carbonyl (C=O) groups is 2. The zero-order valence-electron chi connectivity index (χ0n) is 16.6. The van der Waals surface area contributed by atoms with Crippen molar-refractivity contribution in [3.8, 4) is 5.75 Å². The van der Waals surface area contributed by atoms with Gasteiger partial charge in [0, 0.05) is 43.4 Å². The molecular formula is C21H20F2N4O4. The highest BCUT2D eigenvalue weighted by Crippen LogP contribution is 2.51. The minimum Gasteiger partial charge on any atom is -0.502 e. The van der Waals surface area contributed by atoms with Crippen molar-refractivity contribution in [2.45, 2.75) is 26.1 Å². The molecule has 0 bridgehead atoms. The van der Waals surface area contributed by atoms with Gasteiger partial charge in [-0.1, -0.05) is 6.07 Å². The first-order chi connectivity index (χ1) is 14.8. The summed E-state index contributed by atoms with van der Waals surface area (Å²) in [6, 6.07) is 2.96. The number of piperidine rings is 1. The number of hydrogen-bond acceptors (Lipinski definition) is 5. The van der Waals surface area contributed by atoms with Gasteiger partial charge in [-0.05, 0) is 25.3 Å². The predicted octanol–water partition coefficient (Wildman–Crippen LogP) is 1.15. The summed E-state index contributed by atoms with van der Waals surface area (Å²) < 4.78 is 28.3. The summed E-state index contributed by atoms with van der Waals surface area (Å²) in [5.74, 6) is -2.88. The highest BCUT2D eigenvalue weighted by molar-refractivity contribution is 5.99. The fourth-order valence-electron chi connectivity index (χ4n) is 4.70. The van der Waals surface area contributed by atoms with Gasteiger partial charge in [0.1, 0.15) is 23.4 Å². The van der Waals surface area contributed by atoms with E-state index in [-0.39, 0.29) is 29.5 Å². The van der Waals surface area contributed by atoms with E-state index in [2.05, 4.69) is 5.32 Å². The van der Waals surface area contributed by atoms with Gasteiger partial charge in [-0.25, -0.2) is 8.78 Å². The molecule has 10 heteroatoms. The van der Waals surface area contributed by atoms with E-state index in [0.29, 0.717) is 31.0 Å². The molecule has 1 aromatic carbocycles. The lowest BCUT2D eigenvalue weighted by Gasteiger charge is -2.44. The Kier molecular flexibility index (Phi) is 4.28. The fourth-order valence-corrected chi connectivity index (χ4v) is 4.70. The molecule has 31 heavy (non-hydrogen) atoms. The van der Waals surface area contributed by atoms with Gasteiger partial charge in [0.15, 0.2) is 11.4 Å². The molecule has 5 rings (SSSR count). The van der Waals surface area contributed by atoms with Gasteiger partial charge in [0.05, 0.1) is 0 Å². The summed E-state index contributed by atoms with van der Waals surface area (Å²) in [6.07, 6.45) is 2.10. The molecule has 1 aliphatic carbocycles. The predicted molar refractivity (Wildman–Crippen MR) is 105 cm³/mol. The first kappa shape index (κ1) is 19.5. The van der Waals surface area contributed by atoms with E-state index in [9.17, 15) is 28.3 Å². The van der Waals surface area contributed by atoms with E-state index in [1.807, 2.05) is 11.9 Å². The summed E-state index contributed by atoms with van der Waals surface area (Å²) in [6.45, 7) is 2.65. The van der Waals surface area contributed by atoms with Crippen LogP contribution in [0.3, 0.4) is 0 Å². The van der Waals surface area contributed by atoms with Crippen LogP contribution in [0.15, 0.2) is 29.2 Å². The lowest BCUT2D eigenvalue weighted by Crippen LogP contribution is -2.60. The summed E-state index contributed by atoms with van der Waals surface area (Å²) in [5, 5.41) is 14.8. The topological polar surface area (TPSA) is 94.9 Å². The second-order valence-electron chi connectivity index (χ2n) is 8.12. The van der Waals surface area contributed by atoms with Crippen LogP contribution in [0.5, 0.6) is 5.75 Å². The average Bonchev–Trinajstić information content (AvgIpc) is 3.41. The van der Waals surface area contributed by atoms with Crippen LogP contribution in [0.1, 0.15) is 39.8 Å². The van der Waals surface area contributed by atoms with E-state index in [0.717, 1.165) is 12.5 Å². The van der Waals surface area contributed by atoms with Crippen LogP contribution in [0, 0.1) is 23.5 Å². The molecule has 1 saturated heterocycles. The number of hydrogen-bond donors (Lipinski definition) is 2. The number of aromatic hydroxyl groups is 1. The Balaban J connectivity index is 1.49. The van der Waals surface area contributed by atoms with Crippen LogP contribution in [0.2, 0.25) is 0 Å². The molecule has 2 aliphatic heterocycles. The van der Waals surface area contributed by atoms with Crippen LogP contribution < -0.4 is 15.8 Å². The maximum absolute atomic E-state index is 13.8. The Morgan fingerprint density at radius 1 is 1.29 bits per heavy atom. The number of nitrogens with one attached hydrogen (secondary N) is 1. The van der Waals surface area contributed by atoms with Crippen LogP contribution in [0.4, 0.5) is 8.78 Å². The zero-order chi connectivity index (χ0) is 22.0. The third-order valence-electron chi connectivity index (χ3n) is 6.35. The summed E-state index contributed by atoms with van der Waals surface area (Å²) in [5.41, 5.74) is -1.45. The van der Waals surface area contributed by atoms with Crippen molar-refractivity contribution in [3.63, 3.8) is 0 Å². The number of carbonyl (C=O) groups excluding carboxylic acids is 2. The molecule has 2 amide bonds. The minimum absolute atomic E-state index is 0.0468. The fraction of sp³-hybridized carbons (Fsp3) is 0.381. The SMILES string of the molecule is CCN1C(=O)c2c(O)c(=O)c(C(=O)NCc3ccc(F)cc3F)cn2N2C[C@@H]3C[C@@H]3[C@@H]12. The van der Waals surface area contributed by atoms with Crippen molar-refractivity contribution < 1.29 is 23.5 Å². The average molecular weight is 430 g/mol. The second kappa shape index (κ2) is 6.79. The van der Waals surface area contributed by atoms with Gasteiger partial charge in [-0.15, -0.1) is 0 Å². The van der Waals surface area contributed by atoms with Crippen LogP contribution in [-0.2, 0) is 6.54 Å². The van der Waals surface area contributed by atoms with Gasteiger partial charge in [-0.2, -0.15) is 0 Å². The Hall–Kier alpha value is -3.43. The maximum Gasteiger partial charge on any atom is 0.278 e. The molecule has 162 valence electrons. The molecule has 2 aromatic rings. The van der Waals surface area contributed by atoms with Crippen LogP contribution in [-0.4, -0.2) is 45.8 Å². The molecule has 3 atom stereocenters. The quantitative estimate of drug-likeness (QED) is 0.759. The number of aromatic nitrogens is 1. The van der Waals surface area contributed by atoms with Gasteiger partial charge in [-0.3, -0.25) is 24.1 Å². The van der Waals surface area contributed by atoms with Crippen LogP contribution in [0.25, 0.3) is 0 Å². The molecule has 0 unspecified atom stereocenters. The number of amides is 2. The Labute approximate surface area is 175 Å². The summed E-state index contributed by atoms with van der Waals surface area (Å²) >= 11 is 0. The van der Waals surface area contributed by atoms with E-state index >= 15 is 0 Å². The standard InChI is InChI=1S/C21H20F2N4O4/c1-2-25-20-13-5-11(13)8-27(20)26-9-14(17(28)18(29)16(26)21(25)31)19(30)24-7-10-3-4-12(22)6-15(10)23/h3-4,6,9,11,13,20,29H,2,5,7-8H2,1H3,(H,24,30)/t11-,13-,20-/m0/s1. The molecule has 3 heterocycles. The highest BCUT2D eigenvalue weighted by atomic mass is 19.1. The molecule has 1 saturated carbocycles. The third-order valence-corrected chi connectivity index (χ3v) is 6.35. The molecule has 3 aliphatic rings. The number of halogens is 2. The number of pyridine rings is 1. The number of benzene rings is 1. The van der Waals surface area contributed by atoms with Crippen LogP contribution >= 0.6 is 0 Å². The Bertz CT molecular complexity index is 1180. The largest absolute Gasteiger partial charge is 0.502 e. The van der Waals surface area contributed by atoms with Gasteiger partial charge in [0.2, 0.25) is 5.43 Å².